The van der Waals surface area contributed by atoms with Gasteiger partial charge < -0.3 is 20.7 Å². The number of anilines is 1. The van der Waals surface area contributed by atoms with Gasteiger partial charge in [0.15, 0.2) is 0 Å². The minimum absolute atomic E-state index is 0.156. The molecule has 0 aromatic heterocycles. The third-order valence-electron chi connectivity index (χ3n) is 3.78. The summed E-state index contributed by atoms with van der Waals surface area (Å²) >= 11 is 3.34. The van der Waals surface area contributed by atoms with Crippen LogP contribution >= 0.6 is 15.9 Å². The van der Waals surface area contributed by atoms with Gasteiger partial charge >= 0.3 is 12.0 Å². The molecule has 0 saturated carbocycles. The standard InChI is InChI=1S/C21H32BrN3O4/c1-13(2)12-16(24-19(28)23-15-10-8-14(22)9-11-15)17(26)25-21(6,7)18(27)29-20(3,4)5/h8-11,13,16H,12H2,1-7H3,(H,25,26)(H2,23,24,28)/t16-/m0/s1. The van der Waals surface area contributed by atoms with E-state index in [-0.39, 0.29) is 5.92 Å². The molecule has 0 spiro atoms. The molecular formula is C21H32BrN3O4. The monoisotopic (exact) mass is 469 g/mol. The fourth-order valence-corrected chi connectivity index (χ4v) is 2.68. The summed E-state index contributed by atoms with van der Waals surface area (Å²) in [5, 5.41) is 8.10. The van der Waals surface area contributed by atoms with Crippen LogP contribution in [0.5, 0.6) is 0 Å². The Bertz CT molecular complexity index is 724. The Morgan fingerprint density at radius 1 is 1.03 bits per heavy atom. The Labute approximate surface area is 181 Å². The number of carbonyl (C=O) groups is 3. The van der Waals surface area contributed by atoms with Gasteiger partial charge in [-0.3, -0.25) is 4.79 Å². The Hall–Kier alpha value is -2.09. The van der Waals surface area contributed by atoms with Gasteiger partial charge in [-0.25, -0.2) is 9.59 Å². The summed E-state index contributed by atoms with van der Waals surface area (Å²) in [5.74, 6) is -0.829. The molecule has 1 aromatic rings. The number of ether oxygens (including phenoxy) is 1. The number of rotatable bonds is 7. The molecule has 3 amide bonds. The normalized spacial score (nSPS) is 12.9. The molecule has 0 aliphatic carbocycles. The maximum Gasteiger partial charge on any atom is 0.331 e. The van der Waals surface area contributed by atoms with E-state index in [1.807, 2.05) is 13.8 Å². The van der Waals surface area contributed by atoms with Gasteiger partial charge in [0.1, 0.15) is 17.2 Å². The van der Waals surface area contributed by atoms with Crippen molar-refractivity contribution < 1.29 is 19.1 Å². The topological polar surface area (TPSA) is 96.5 Å². The summed E-state index contributed by atoms with van der Waals surface area (Å²) < 4.78 is 6.27. The van der Waals surface area contributed by atoms with Crippen LogP contribution in [0.3, 0.4) is 0 Å². The molecule has 7 nitrogen and oxygen atoms in total. The number of carbonyl (C=O) groups excluding carboxylic acids is 3. The average molecular weight is 470 g/mol. The van der Waals surface area contributed by atoms with E-state index < -0.39 is 35.1 Å². The molecule has 8 heteroatoms. The zero-order chi connectivity index (χ0) is 22.4. The lowest BCUT2D eigenvalue weighted by Gasteiger charge is -2.31. The third-order valence-corrected chi connectivity index (χ3v) is 4.30. The summed E-state index contributed by atoms with van der Waals surface area (Å²) in [6, 6.07) is 5.80. The van der Waals surface area contributed by atoms with Crippen LogP contribution in [0.2, 0.25) is 0 Å². The number of hydrogen-bond donors (Lipinski definition) is 3. The number of halogens is 1. The van der Waals surface area contributed by atoms with Crippen molar-refractivity contribution in [3.05, 3.63) is 28.7 Å². The highest BCUT2D eigenvalue weighted by molar-refractivity contribution is 9.10. The Kier molecular flexibility index (Phi) is 8.68. The fourth-order valence-electron chi connectivity index (χ4n) is 2.41. The molecule has 0 bridgehead atoms. The molecule has 0 heterocycles. The molecule has 0 unspecified atom stereocenters. The smallest absolute Gasteiger partial charge is 0.331 e. The van der Waals surface area contributed by atoms with E-state index in [0.717, 1.165) is 4.47 Å². The van der Waals surface area contributed by atoms with Crippen molar-refractivity contribution in [1.29, 1.82) is 0 Å². The second kappa shape index (κ2) is 10.1. The van der Waals surface area contributed by atoms with Gasteiger partial charge in [-0.2, -0.15) is 0 Å². The molecule has 1 atom stereocenters. The quantitative estimate of drug-likeness (QED) is 0.520. The summed E-state index contributed by atoms with van der Waals surface area (Å²) in [6.45, 7) is 12.3. The first-order valence-corrected chi connectivity index (χ1v) is 10.4. The Morgan fingerprint density at radius 3 is 2.07 bits per heavy atom. The average Bonchev–Trinajstić information content (AvgIpc) is 2.54. The highest BCUT2D eigenvalue weighted by Gasteiger charge is 2.36. The Balaban J connectivity index is 2.82. The van der Waals surface area contributed by atoms with Crippen LogP contribution in [-0.4, -0.2) is 35.1 Å². The largest absolute Gasteiger partial charge is 0.458 e. The highest BCUT2D eigenvalue weighted by Crippen LogP contribution is 2.16. The first kappa shape index (κ1) is 24.9. The van der Waals surface area contributed by atoms with Crippen LogP contribution < -0.4 is 16.0 Å². The van der Waals surface area contributed by atoms with E-state index in [1.165, 1.54) is 0 Å². The number of benzene rings is 1. The minimum Gasteiger partial charge on any atom is -0.458 e. The van der Waals surface area contributed by atoms with Crippen molar-refractivity contribution in [3.8, 4) is 0 Å². The predicted octanol–water partition coefficient (Wildman–Crippen LogP) is 4.22. The number of esters is 1. The van der Waals surface area contributed by atoms with Crippen LogP contribution in [0.25, 0.3) is 0 Å². The summed E-state index contributed by atoms with van der Waals surface area (Å²) in [6.07, 6.45) is 0.421. The van der Waals surface area contributed by atoms with E-state index in [4.69, 9.17) is 4.74 Å². The van der Waals surface area contributed by atoms with Gasteiger partial charge in [-0.1, -0.05) is 29.8 Å². The minimum atomic E-state index is -1.23. The lowest BCUT2D eigenvalue weighted by molar-refractivity contribution is -0.163. The molecule has 0 aliphatic heterocycles. The second-order valence-corrected chi connectivity index (χ2v) is 9.82. The number of urea groups is 1. The maximum absolute atomic E-state index is 12.8. The van der Waals surface area contributed by atoms with E-state index in [0.29, 0.717) is 12.1 Å². The van der Waals surface area contributed by atoms with E-state index in [2.05, 4.69) is 31.9 Å². The van der Waals surface area contributed by atoms with Gasteiger partial charge in [0, 0.05) is 10.2 Å². The van der Waals surface area contributed by atoms with Crippen LogP contribution in [0.15, 0.2) is 28.7 Å². The SMILES string of the molecule is CC(C)C[C@H](NC(=O)Nc1ccc(Br)cc1)C(=O)NC(C)(C)C(=O)OC(C)(C)C. The maximum atomic E-state index is 12.8. The van der Waals surface area contributed by atoms with E-state index in [9.17, 15) is 14.4 Å². The van der Waals surface area contributed by atoms with Gasteiger partial charge in [-0.05, 0) is 71.2 Å². The van der Waals surface area contributed by atoms with Crippen LogP contribution in [0, 0.1) is 5.92 Å². The lowest BCUT2D eigenvalue weighted by Crippen LogP contribution is -2.58. The van der Waals surface area contributed by atoms with Crippen molar-refractivity contribution >= 4 is 39.5 Å². The summed E-state index contributed by atoms with van der Waals surface area (Å²) in [5.41, 5.74) is -1.30. The van der Waals surface area contributed by atoms with Crippen molar-refractivity contribution in [1.82, 2.24) is 10.6 Å². The van der Waals surface area contributed by atoms with Crippen LogP contribution in [0.1, 0.15) is 54.9 Å². The van der Waals surface area contributed by atoms with Crippen LogP contribution in [0.4, 0.5) is 10.5 Å². The zero-order valence-corrected chi connectivity index (χ0v) is 19.8. The molecular weight excluding hydrogens is 438 g/mol. The van der Waals surface area contributed by atoms with Crippen molar-refractivity contribution in [2.45, 2.75) is 72.1 Å². The fraction of sp³-hybridized carbons (Fsp3) is 0.571. The Morgan fingerprint density at radius 2 is 1.59 bits per heavy atom. The van der Waals surface area contributed by atoms with E-state index >= 15 is 0 Å². The van der Waals surface area contributed by atoms with Crippen LogP contribution in [-0.2, 0) is 14.3 Å². The molecule has 0 fully saturated rings. The van der Waals surface area contributed by atoms with Gasteiger partial charge in [0.05, 0.1) is 0 Å². The second-order valence-electron chi connectivity index (χ2n) is 8.90. The predicted molar refractivity (Wildman–Crippen MR) is 118 cm³/mol. The molecule has 0 radical (unpaired) electrons. The molecule has 1 aromatic carbocycles. The highest BCUT2D eigenvalue weighted by atomic mass is 79.9. The first-order chi connectivity index (χ1) is 13.2. The molecule has 162 valence electrons. The summed E-state index contributed by atoms with van der Waals surface area (Å²) in [4.78, 5) is 37.6. The first-order valence-electron chi connectivity index (χ1n) is 9.58. The van der Waals surface area contributed by atoms with Crippen molar-refractivity contribution in [3.63, 3.8) is 0 Å². The number of nitrogens with one attached hydrogen (secondary N) is 3. The third kappa shape index (κ3) is 9.30. The molecule has 0 aliphatic rings. The summed E-state index contributed by atoms with van der Waals surface area (Å²) in [7, 11) is 0. The van der Waals surface area contributed by atoms with Gasteiger partial charge in [0.25, 0.3) is 0 Å². The van der Waals surface area contributed by atoms with Gasteiger partial charge in [-0.15, -0.1) is 0 Å². The molecule has 3 N–H and O–H groups in total. The van der Waals surface area contributed by atoms with Crippen molar-refractivity contribution in [2.24, 2.45) is 5.92 Å². The number of hydrogen-bond acceptors (Lipinski definition) is 4. The van der Waals surface area contributed by atoms with Gasteiger partial charge in [0.2, 0.25) is 5.91 Å². The molecule has 0 saturated heterocycles. The van der Waals surface area contributed by atoms with E-state index in [1.54, 1.807) is 58.9 Å². The van der Waals surface area contributed by atoms with Crippen molar-refractivity contribution in [2.75, 3.05) is 5.32 Å². The lowest BCUT2D eigenvalue weighted by atomic mass is 10.00. The molecule has 1 rings (SSSR count). The molecule has 29 heavy (non-hydrogen) atoms. The zero-order valence-electron chi connectivity index (χ0n) is 18.2. The number of amides is 3.